The maximum Gasteiger partial charge on any atom is 0.134 e. The Balaban J connectivity index is 2.29. The van der Waals surface area contributed by atoms with Crippen molar-refractivity contribution in [2.24, 2.45) is 0 Å². The third kappa shape index (κ3) is 2.28. The van der Waals surface area contributed by atoms with Gasteiger partial charge in [0.2, 0.25) is 0 Å². The van der Waals surface area contributed by atoms with Gasteiger partial charge in [-0.2, -0.15) is 0 Å². The minimum Gasteiger partial charge on any atom is -0.507 e. The van der Waals surface area contributed by atoms with E-state index in [4.69, 9.17) is 4.42 Å². The van der Waals surface area contributed by atoms with Gasteiger partial charge in [-0.25, -0.2) is 0 Å². The van der Waals surface area contributed by atoms with Gasteiger partial charge in [0, 0.05) is 5.56 Å². The van der Waals surface area contributed by atoms with Gasteiger partial charge in [0.15, 0.2) is 0 Å². The first-order valence-electron chi connectivity index (χ1n) is 4.58. The van der Waals surface area contributed by atoms with E-state index in [0.717, 1.165) is 5.56 Å². The predicted molar refractivity (Wildman–Crippen MR) is 65.1 cm³/mol. The van der Waals surface area contributed by atoms with Gasteiger partial charge in [0.1, 0.15) is 16.0 Å². The monoisotopic (exact) mass is 280 g/mol. The van der Waals surface area contributed by atoms with Crippen LogP contribution >= 0.6 is 15.9 Å². The molecule has 16 heavy (non-hydrogen) atoms. The molecule has 1 heterocycles. The number of rotatable bonds is 2. The molecule has 0 amide bonds. The zero-order valence-corrected chi connectivity index (χ0v) is 9.81. The predicted octanol–water partition coefficient (Wildman–Crippen LogP) is 3.62. The van der Waals surface area contributed by atoms with Crippen molar-refractivity contribution in [2.75, 3.05) is 0 Å². The maximum absolute atomic E-state index is 9.48. The van der Waals surface area contributed by atoms with Crippen molar-refractivity contribution in [2.45, 2.75) is 0 Å². The zero-order valence-electron chi connectivity index (χ0n) is 8.22. The summed E-state index contributed by atoms with van der Waals surface area (Å²) in [6.45, 7) is 0. The first-order valence-corrected chi connectivity index (χ1v) is 5.38. The molecule has 2 N–H and O–H groups in total. The van der Waals surface area contributed by atoms with Crippen molar-refractivity contribution < 1.29 is 14.6 Å². The first-order chi connectivity index (χ1) is 7.66. The molecule has 0 fully saturated rings. The highest BCUT2D eigenvalue weighted by molar-refractivity contribution is 9.10. The number of furan rings is 1. The molecule has 1 aromatic heterocycles. The van der Waals surface area contributed by atoms with E-state index in [-0.39, 0.29) is 11.5 Å². The fraction of sp³-hybridized carbons (Fsp3) is 0. The molecule has 0 radical (unpaired) electrons. The Morgan fingerprint density at radius 2 is 1.69 bits per heavy atom. The lowest BCUT2D eigenvalue weighted by atomic mass is 10.1. The van der Waals surface area contributed by atoms with Crippen LogP contribution in [0.25, 0.3) is 12.2 Å². The van der Waals surface area contributed by atoms with Crippen molar-refractivity contribution in [3.63, 3.8) is 0 Å². The highest BCUT2D eigenvalue weighted by atomic mass is 79.9. The van der Waals surface area contributed by atoms with Crippen LogP contribution in [0.4, 0.5) is 0 Å². The summed E-state index contributed by atoms with van der Waals surface area (Å²) in [7, 11) is 0. The molecule has 0 spiro atoms. The number of phenols is 2. The number of hydrogen-bond acceptors (Lipinski definition) is 3. The van der Waals surface area contributed by atoms with Gasteiger partial charge in [-0.15, -0.1) is 0 Å². The molecule has 0 atom stereocenters. The topological polar surface area (TPSA) is 53.6 Å². The van der Waals surface area contributed by atoms with Crippen LogP contribution in [0.5, 0.6) is 11.5 Å². The van der Waals surface area contributed by atoms with Crippen molar-refractivity contribution in [1.82, 2.24) is 0 Å². The quantitative estimate of drug-likeness (QED) is 0.883. The summed E-state index contributed by atoms with van der Waals surface area (Å²) in [5.41, 5.74) is 1.63. The number of halogens is 1. The fourth-order valence-electron chi connectivity index (χ4n) is 1.27. The maximum atomic E-state index is 9.48. The molecule has 0 aliphatic rings. The van der Waals surface area contributed by atoms with Crippen LogP contribution in [0.2, 0.25) is 0 Å². The molecule has 0 saturated heterocycles. The van der Waals surface area contributed by atoms with Gasteiger partial charge in [0.05, 0.1) is 12.5 Å². The summed E-state index contributed by atoms with van der Waals surface area (Å²) in [6, 6.07) is 4.93. The van der Waals surface area contributed by atoms with E-state index in [2.05, 4.69) is 15.9 Å². The second kappa shape index (κ2) is 4.45. The number of hydrogen-bond donors (Lipinski definition) is 2. The molecule has 0 bridgehead atoms. The second-order valence-corrected chi connectivity index (χ2v) is 4.06. The lowest BCUT2D eigenvalue weighted by molar-refractivity contribution is 0.444. The van der Waals surface area contributed by atoms with E-state index in [1.54, 1.807) is 30.7 Å². The van der Waals surface area contributed by atoms with E-state index in [9.17, 15) is 10.2 Å². The summed E-state index contributed by atoms with van der Waals surface area (Å²) in [6.07, 6.45) is 6.79. The summed E-state index contributed by atoms with van der Waals surface area (Å²) in [5, 5.41) is 19.0. The van der Waals surface area contributed by atoms with Crippen molar-refractivity contribution in [3.8, 4) is 11.5 Å². The SMILES string of the molecule is Oc1cc(C=Cc2ccoc2)cc(O)c1Br. The fourth-order valence-corrected chi connectivity index (χ4v) is 1.50. The molecule has 2 rings (SSSR count). The summed E-state index contributed by atoms with van der Waals surface area (Å²) >= 11 is 3.06. The van der Waals surface area contributed by atoms with Gasteiger partial charge in [-0.1, -0.05) is 12.2 Å². The van der Waals surface area contributed by atoms with Crippen molar-refractivity contribution >= 4 is 28.1 Å². The smallest absolute Gasteiger partial charge is 0.134 e. The molecular formula is C12H9BrO3. The van der Waals surface area contributed by atoms with E-state index in [1.807, 2.05) is 12.1 Å². The first kappa shape index (κ1) is 10.8. The van der Waals surface area contributed by atoms with Crippen LogP contribution in [0.1, 0.15) is 11.1 Å². The molecule has 0 aliphatic heterocycles. The average molecular weight is 281 g/mol. The molecule has 1 aromatic carbocycles. The molecule has 82 valence electrons. The summed E-state index contributed by atoms with van der Waals surface area (Å²) < 4.78 is 5.21. The Morgan fingerprint density at radius 1 is 1.06 bits per heavy atom. The van der Waals surface area contributed by atoms with Crippen LogP contribution in [-0.2, 0) is 0 Å². The average Bonchev–Trinajstić information content (AvgIpc) is 2.75. The highest BCUT2D eigenvalue weighted by Crippen LogP contribution is 2.34. The molecular weight excluding hydrogens is 272 g/mol. The van der Waals surface area contributed by atoms with Gasteiger partial charge >= 0.3 is 0 Å². The minimum atomic E-state index is 0.00634. The lowest BCUT2D eigenvalue weighted by Crippen LogP contribution is -1.76. The van der Waals surface area contributed by atoms with Crippen LogP contribution < -0.4 is 0 Å². The number of phenolic OH excluding ortho intramolecular Hbond substituents is 2. The summed E-state index contributed by atoms with van der Waals surface area (Å²) in [5.74, 6) is 0.0127. The van der Waals surface area contributed by atoms with Crippen molar-refractivity contribution in [3.05, 3.63) is 46.3 Å². The molecule has 0 aliphatic carbocycles. The van der Waals surface area contributed by atoms with Crippen molar-refractivity contribution in [1.29, 1.82) is 0 Å². The Kier molecular flexibility index (Phi) is 3.01. The Bertz CT molecular complexity index is 492. The molecule has 4 heteroatoms. The molecule has 0 saturated carbocycles. The normalized spacial score (nSPS) is 11.1. The Hall–Kier alpha value is -1.68. The molecule has 2 aromatic rings. The Labute approximate surface area is 101 Å². The largest absolute Gasteiger partial charge is 0.507 e. The van der Waals surface area contributed by atoms with Gasteiger partial charge < -0.3 is 14.6 Å². The van der Waals surface area contributed by atoms with Crippen LogP contribution in [0, 0.1) is 0 Å². The zero-order chi connectivity index (χ0) is 11.5. The van der Waals surface area contributed by atoms with E-state index in [1.165, 1.54) is 0 Å². The summed E-state index contributed by atoms with van der Waals surface area (Å²) in [4.78, 5) is 0. The van der Waals surface area contributed by atoms with Crippen LogP contribution in [0.15, 0.2) is 39.6 Å². The van der Waals surface area contributed by atoms with Crippen LogP contribution in [0.3, 0.4) is 0 Å². The minimum absolute atomic E-state index is 0.00634. The second-order valence-electron chi connectivity index (χ2n) is 3.26. The lowest BCUT2D eigenvalue weighted by Gasteiger charge is -2.01. The Morgan fingerprint density at radius 3 is 2.25 bits per heavy atom. The standard InChI is InChI=1S/C12H9BrO3/c13-12-10(14)5-9(6-11(12)15)2-1-8-3-4-16-7-8/h1-7,14-15H. The third-order valence-electron chi connectivity index (χ3n) is 2.07. The third-order valence-corrected chi connectivity index (χ3v) is 2.88. The molecule has 3 nitrogen and oxygen atoms in total. The van der Waals surface area contributed by atoms with Gasteiger partial charge in [-0.3, -0.25) is 0 Å². The van der Waals surface area contributed by atoms with Gasteiger partial charge in [0.25, 0.3) is 0 Å². The number of aromatic hydroxyl groups is 2. The van der Waals surface area contributed by atoms with Crippen LogP contribution in [-0.4, -0.2) is 10.2 Å². The van der Waals surface area contributed by atoms with E-state index >= 15 is 0 Å². The number of benzene rings is 1. The van der Waals surface area contributed by atoms with E-state index in [0.29, 0.717) is 10.0 Å². The van der Waals surface area contributed by atoms with Gasteiger partial charge in [-0.05, 0) is 39.7 Å². The highest BCUT2D eigenvalue weighted by Gasteiger charge is 2.04. The molecule has 0 unspecified atom stereocenters. The van der Waals surface area contributed by atoms with E-state index < -0.39 is 0 Å².